The van der Waals surface area contributed by atoms with Gasteiger partial charge in [-0.05, 0) is 82.4 Å². The van der Waals surface area contributed by atoms with E-state index in [-0.39, 0.29) is 18.3 Å². The van der Waals surface area contributed by atoms with Gasteiger partial charge in [-0.2, -0.15) is 0 Å². The first-order valence-corrected chi connectivity index (χ1v) is 10.6. The molecule has 152 valence electrons. The monoisotopic (exact) mass is 397 g/mol. The Balaban J connectivity index is 1.75. The van der Waals surface area contributed by atoms with Crippen LogP contribution >= 0.6 is 0 Å². The highest BCUT2D eigenvalue weighted by atomic mass is 16.7. The van der Waals surface area contributed by atoms with Gasteiger partial charge in [0, 0.05) is 16.5 Å². The average Bonchev–Trinajstić information content (AvgIpc) is 3.10. The summed E-state index contributed by atoms with van der Waals surface area (Å²) in [4.78, 5) is 0. The lowest BCUT2D eigenvalue weighted by Crippen LogP contribution is -2.41. The summed E-state index contributed by atoms with van der Waals surface area (Å²) in [5.74, 6) is 0. The second-order valence-corrected chi connectivity index (χ2v) is 9.56. The van der Waals surface area contributed by atoms with Gasteiger partial charge in [-0.15, -0.1) is 0 Å². The fourth-order valence-corrected chi connectivity index (χ4v) is 4.47. The van der Waals surface area contributed by atoms with Crippen LogP contribution in [-0.4, -0.2) is 22.9 Å². The maximum atomic E-state index is 6.33. The molecule has 4 aromatic rings. The molecule has 0 unspecified atom stereocenters. The largest absolute Gasteiger partial charge is 0.494 e. The van der Waals surface area contributed by atoms with Gasteiger partial charge in [-0.1, -0.05) is 36.4 Å². The summed E-state index contributed by atoms with van der Waals surface area (Å²) < 4.78 is 15.0. The van der Waals surface area contributed by atoms with Crippen LogP contribution < -0.4 is 5.46 Å². The molecule has 0 spiro atoms. The molecule has 0 atom stereocenters. The van der Waals surface area contributed by atoms with Crippen LogP contribution in [0.5, 0.6) is 0 Å². The highest BCUT2D eigenvalue weighted by molar-refractivity contribution is 6.62. The Hall–Kier alpha value is -2.56. The molecular weight excluding hydrogens is 369 g/mol. The molecule has 0 bridgehead atoms. The Morgan fingerprint density at radius 3 is 1.97 bits per heavy atom. The zero-order valence-electron chi connectivity index (χ0n) is 18.6. The van der Waals surface area contributed by atoms with Crippen LogP contribution in [0.4, 0.5) is 0 Å². The molecule has 0 radical (unpaired) electrons. The van der Waals surface area contributed by atoms with Gasteiger partial charge in [0.2, 0.25) is 0 Å². The van der Waals surface area contributed by atoms with E-state index in [1.54, 1.807) is 0 Å². The van der Waals surface area contributed by atoms with E-state index in [4.69, 9.17) is 9.31 Å². The maximum Gasteiger partial charge on any atom is 0.494 e. The fourth-order valence-electron chi connectivity index (χ4n) is 4.47. The van der Waals surface area contributed by atoms with Crippen molar-refractivity contribution in [1.82, 2.24) is 4.57 Å². The van der Waals surface area contributed by atoms with Crippen molar-refractivity contribution in [2.45, 2.75) is 52.7 Å². The number of aryl methyl sites for hydroxylation is 2. The molecule has 1 aliphatic heterocycles. The molecule has 1 saturated heterocycles. The van der Waals surface area contributed by atoms with Crippen LogP contribution in [-0.2, 0) is 9.31 Å². The number of para-hydroxylation sites is 1. The zero-order valence-corrected chi connectivity index (χ0v) is 18.6. The van der Waals surface area contributed by atoms with Crippen molar-refractivity contribution in [3.05, 3.63) is 71.8 Å². The molecule has 0 N–H and O–H groups in total. The van der Waals surface area contributed by atoms with Crippen molar-refractivity contribution < 1.29 is 9.31 Å². The fraction of sp³-hybridized carbons (Fsp3) is 0.308. The summed E-state index contributed by atoms with van der Waals surface area (Å²) in [6.45, 7) is 12.7. The van der Waals surface area contributed by atoms with Crippen LogP contribution in [0.15, 0.2) is 60.7 Å². The first-order valence-electron chi connectivity index (χ1n) is 10.6. The summed E-state index contributed by atoms with van der Waals surface area (Å²) in [7, 11) is -0.370. The number of fused-ring (bicyclic) bond motifs is 3. The van der Waals surface area contributed by atoms with Crippen molar-refractivity contribution in [3.8, 4) is 5.69 Å². The van der Waals surface area contributed by atoms with Crippen LogP contribution in [0, 0.1) is 13.8 Å². The van der Waals surface area contributed by atoms with E-state index in [2.05, 4.69) is 107 Å². The van der Waals surface area contributed by atoms with E-state index >= 15 is 0 Å². The van der Waals surface area contributed by atoms with Gasteiger partial charge in [-0.25, -0.2) is 0 Å². The number of rotatable bonds is 2. The molecule has 1 aliphatic rings. The number of hydrogen-bond acceptors (Lipinski definition) is 2. The molecule has 5 rings (SSSR count). The Morgan fingerprint density at radius 2 is 1.30 bits per heavy atom. The summed E-state index contributed by atoms with van der Waals surface area (Å²) >= 11 is 0. The Bertz CT molecular complexity index is 1250. The van der Waals surface area contributed by atoms with E-state index in [0.29, 0.717) is 0 Å². The van der Waals surface area contributed by atoms with E-state index < -0.39 is 0 Å². The van der Waals surface area contributed by atoms with E-state index in [9.17, 15) is 0 Å². The Labute approximate surface area is 178 Å². The molecule has 0 saturated carbocycles. The van der Waals surface area contributed by atoms with Crippen LogP contribution in [0.3, 0.4) is 0 Å². The third kappa shape index (κ3) is 2.90. The minimum atomic E-state index is -0.370. The molecule has 0 aliphatic carbocycles. The first kappa shape index (κ1) is 19.4. The van der Waals surface area contributed by atoms with Crippen LogP contribution in [0.25, 0.3) is 27.5 Å². The normalized spacial score (nSPS) is 17.9. The minimum absolute atomic E-state index is 0.354. The van der Waals surface area contributed by atoms with Gasteiger partial charge in [0.1, 0.15) is 0 Å². The second kappa shape index (κ2) is 6.47. The molecule has 1 fully saturated rings. The number of hydrogen-bond donors (Lipinski definition) is 0. The van der Waals surface area contributed by atoms with E-state index in [0.717, 1.165) is 5.46 Å². The van der Waals surface area contributed by atoms with Gasteiger partial charge >= 0.3 is 7.12 Å². The van der Waals surface area contributed by atoms with Gasteiger partial charge in [0.15, 0.2) is 0 Å². The lowest BCUT2D eigenvalue weighted by Gasteiger charge is -2.32. The van der Waals surface area contributed by atoms with Gasteiger partial charge in [0.25, 0.3) is 0 Å². The summed E-state index contributed by atoms with van der Waals surface area (Å²) in [6.07, 6.45) is 0. The highest BCUT2D eigenvalue weighted by Gasteiger charge is 2.51. The molecule has 3 nitrogen and oxygen atoms in total. The molecular formula is C26H28BNO2. The van der Waals surface area contributed by atoms with Crippen LogP contribution in [0.2, 0.25) is 0 Å². The predicted molar refractivity (Wildman–Crippen MR) is 126 cm³/mol. The van der Waals surface area contributed by atoms with Crippen LogP contribution in [0.1, 0.15) is 38.8 Å². The van der Waals surface area contributed by atoms with Crippen molar-refractivity contribution in [1.29, 1.82) is 0 Å². The second-order valence-electron chi connectivity index (χ2n) is 9.56. The topological polar surface area (TPSA) is 23.4 Å². The summed E-state index contributed by atoms with van der Waals surface area (Å²) in [5, 5.41) is 2.50. The van der Waals surface area contributed by atoms with Crippen molar-refractivity contribution >= 4 is 34.4 Å². The highest BCUT2D eigenvalue weighted by Crippen LogP contribution is 2.37. The predicted octanol–water partition coefficient (Wildman–Crippen LogP) is 5.70. The minimum Gasteiger partial charge on any atom is -0.399 e. The number of nitrogens with zero attached hydrogens (tertiary/aromatic N) is 1. The van der Waals surface area contributed by atoms with Gasteiger partial charge in [-0.3, -0.25) is 0 Å². The van der Waals surface area contributed by atoms with E-state index in [1.165, 1.54) is 38.6 Å². The summed E-state index contributed by atoms with van der Waals surface area (Å²) in [5.41, 5.74) is 6.44. The zero-order chi connectivity index (χ0) is 21.3. The number of benzene rings is 3. The smallest absolute Gasteiger partial charge is 0.399 e. The average molecular weight is 397 g/mol. The SMILES string of the molecule is Cc1cc(C)cc(-n2c3ccccc3c3ccc(B4OC(C)(C)C(C)(C)O4)cc32)c1. The molecule has 1 aromatic heterocycles. The Kier molecular flexibility index (Phi) is 4.19. The van der Waals surface area contributed by atoms with Crippen molar-refractivity contribution in [2.24, 2.45) is 0 Å². The van der Waals surface area contributed by atoms with Gasteiger partial charge in [0.05, 0.1) is 22.2 Å². The third-order valence-electron chi connectivity index (χ3n) is 6.69. The molecule has 2 heterocycles. The van der Waals surface area contributed by atoms with E-state index in [1.807, 2.05) is 0 Å². The molecule has 4 heteroatoms. The van der Waals surface area contributed by atoms with Crippen molar-refractivity contribution in [2.75, 3.05) is 0 Å². The molecule has 0 amide bonds. The standard InChI is InChI=1S/C26H28BNO2/c1-17-13-18(2)15-20(14-17)28-23-10-8-7-9-21(23)22-12-11-19(16-24(22)28)27-29-25(3,4)26(5,6)30-27/h7-16H,1-6H3. The lowest BCUT2D eigenvalue weighted by molar-refractivity contribution is 0.00578. The van der Waals surface area contributed by atoms with Gasteiger partial charge < -0.3 is 13.9 Å². The van der Waals surface area contributed by atoms with Crippen molar-refractivity contribution in [3.63, 3.8) is 0 Å². The third-order valence-corrected chi connectivity index (χ3v) is 6.69. The number of aromatic nitrogens is 1. The Morgan fingerprint density at radius 1 is 0.700 bits per heavy atom. The summed E-state index contributed by atoms with van der Waals surface area (Å²) in [6, 6.07) is 21.9. The molecule has 30 heavy (non-hydrogen) atoms. The quantitative estimate of drug-likeness (QED) is 0.405. The maximum absolute atomic E-state index is 6.33. The first-order chi connectivity index (χ1) is 14.2. The lowest BCUT2D eigenvalue weighted by atomic mass is 9.79. The molecule has 3 aromatic carbocycles.